The fraction of sp³-hybridized carbons (Fsp3) is 0.636. The second kappa shape index (κ2) is 10.9. The van der Waals surface area contributed by atoms with Crippen molar-refractivity contribution in [3.63, 3.8) is 0 Å². The number of carbonyl (C=O) groups excluding carboxylic acids is 2. The predicted molar refractivity (Wildman–Crippen MR) is 115 cm³/mol. The molecule has 8 heteroatoms. The molecule has 2 aromatic rings. The third-order valence-electron chi connectivity index (χ3n) is 6.19. The maximum absolute atomic E-state index is 12.1. The molecule has 0 radical (unpaired) electrons. The minimum absolute atomic E-state index is 0.110. The topological polar surface area (TPSA) is 93.8 Å². The fourth-order valence-corrected chi connectivity index (χ4v) is 4.07. The standard InChI is InChI=1S/C22H34N6O2/c1-27-15-23-13-19(27)7-9-21(29)25-11-17-3-5-18(6-4-17)12-26-22(30)10-8-20-14-24-16-28(20)2/h13-18H,3-12H2,1-2H3,(H,25,29)(H,26,30). The van der Waals surface area contributed by atoms with Gasteiger partial charge in [0.25, 0.3) is 0 Å². The van der Waals surface area contributed by atoms with Crippen LogP contribution in [-0.2, 0) is 36.5 Å². The van der Waals surface area contributed by atoms with Crippen LogP contribution in [0.15, 0.2) is 25.0 Å². The summed E-state index contributed by atoms with van der Waals surface area (Å²) in [6.45, 7) is 1.52. The Morgan fingerprint density at radius 2 is 1.23 bits per heavy atom. The van der Waals surface area contributed by atoms with Gasteiger partial charge < -0.3 is 19.8 Å². The van der Waals surface area contributed by atoms with Crippen LogP contribution >= 0.6 is 0 Å². The number of hydrogen-bond donors (Lipinski definition) is 2. The zero-order valence-corrected chi connectivity index (χ0v) is 18.1. The summed E-state index contributed by atoms with van der Waals surface area (Å²) in [6, 6.07) is 0. The molecule has 2 heterocycles. The molecule has 1 aliphatic rings. The Kier molecular flexibility index (Phi) is 8.04. The van der Waals surface area contributed by atoms with Crippen LogP contribution in [0.2, 0.25) is 0 Å². The highest BCUT2D eigenvalue weighted by molar-refractivity contribution is 5.76. The summed E-state index contributed by atoms with van der Waals surface area (Å²) in [4.78, 5) is 32.4. The van der Waals surface area contributed by atoms with E-state index in [0.717, 1.165) is 63.0 Å². The van der Waals surface area contributed by atoms with Crippen molar-refractivity contribution in [2.45, 2.75) is 51.4 Å². The molecule has 0 atom stereocenters. The van der Waals surface area contributed by atoms with E-state index >= 15 is 0 Å². The average Bonchev–Trinajstić information content (AvgIpc) is 3.35. The lowest BCUT2D eigenvalue weighted by Crippen LogP contribution is -2.34. The van der Waals surface area contributed by atoms with Gasteiger partial charge in [-0.15, -0.1) is 0 Å². The van der Waals surface area contributed by atoms with E-state index in [0.29, 0.717) is 24.7 Å². The number of amides is 2. The first-order chi connectivity index (χ1) is 14.5. The first-order valence-electron chi connectivity index (χ1n) is 10.9. The number of hydrogen-bond acceptors (Lipinski definition) is 4. The normalized spacial score (nSPS) is 18.9. The van der Waals surface area contributed by atoms with Crippen molar-refractivity contribution >= 4 is 11.8 Å². The molecular formula is C22H34N6O2. The molecule has 0 saturated heterocycles. The molecule has 0 bridgehead atoms. The van der Waals surface area contributed by atoms with E-state index in [1.165, 1.54) is 0 Å². The molecule has 30 heavy (non-hydrogen) atoms. The Hall–Kier alpha value is -2.64. The lowest BCUT2D eigenvalue weighted by Gasteiger charge is -2.28. The number of rotatable bonds is 10. The predicted octanol–water partition coefficient (Wildman–Crippen LogP) is 1.76. The first kappa shape index (κ1) is 22.1. The molecule has 0 aliphatic heterocycles. The van der Waals surface area contributed by atoms with E-state index in [1.54, 1.807) is 12.7 Å². The van der Waals surface area contributed by atoms with Gasteiger partial charge in [0, 0.05) is 63.8 Å². The van der Waals surface area contributed by atoms with Gasteiger partial charge in [-0.3, -0.25) is 9.59 Å². The van der Waals surface area contributed by atoms with Crippen molar-refractivity contribution in [3.05, 3.63) is 36.4 Å². The van der Waals surface area contributed by atoms with Gasteiger partial charge in [0.2, 0.25) is 11.8 Å². The van der Waals surface area contributed by atoms with Gasteiger partial charge in [-0.2, -0.15) is 0 Å². The minimum atomic E-state index is 0.110. The van der Waals surface area contributed by atoms with E-state index in [9.17, 15) is 9.59 Å². The van der Waals surface area contributed by atoms with Crippen molar-refractivity contribution in [3.8, 4) is 0 Å². The second-order valence-corrected chi connectivity index (χ2v) is 8.49. The SMILES string of the molecule is Cn1cncc1CCC(=O)NCC1CCC(CNC(=O)CCc2cncn2C)CC1. The highest BCUT2D eigenvalue weighted by Crippen LogP contribution is 2.28. The molecule has 2 aromatic heterocycles. The maximum atomic E-state index is 12.1. The zero-order chi connectivity index (χ0) is 21.3. The number of aromatic nitrogens is 4. The Morgan fingerprint density at radius 3 is 1.57 bits per heavy atom. The van der Waals surface area contributed by atoms with Crippen LogP contribution in [0.5, 0.6) is 0 Å². The molecule has 1 fully saturated rings. The molecule has 0 aromatic carbocycles. The second-order valence-electron chi connectivity index (χ2n) is 8.49. The number of nitrogens with zero attached hydrogens (tertiary/aromatic N) is 4. The summed E-state index contributed by atoms with van der Waals surface area (Å²) in [5, 5.41) is 6.18. The van der Waals surface area contributed by atoms with Crippen LogP contribution in [0.4, 0.5) is 0 Å². The van der Waals surface area contributed by atoms with Gasteiger partial charge in [-0.05, 0) is 50.4 Å². The minimum Gasteiger partial charge on any atom is -0.356 e. The van der Waals surface area contributed by atoms with E-state index in [4.69, 9.17) is 0 Å². The molecule has 0 spiro atoms. The summed E-state index contributed by atoms with van der Waals surface area (Å²) in [6.07, 6.45) is 14.0. The lowest BCUT2D eigenvalue weighted by atomic mass is 9.82. The number of carbonyl (C=O) groups is 2. The van der Waals surface area contributed by atoms with Crippen LogP contribution in [0.3, 0.4) is 0 Å². The van der Waals surface area contributed by atoms with Gasteiger partial charge in [0.15, 0.2) is 0 Å². The first-order valence-corrected chi connectivity index (χ1v) is 10.9. The number of nitrogens with one attached hydrogen (secondary N) is 2. The number of aryl methyl sites for hydroxylation is 4. The Bertz CT molecular complexity index is 751. The fourth-order valence-electron chi connectivity index (χ4n) is 4.07. The summed E-state index contributed by atoms with van der Waals surface area (Å²) < 4.78 is 3.90. The van der Waals surface area contributed by atoms with Crippen molar-refractivity contribution in [1.29, 1.82) is 0 Å². The molecule has 164 valence electrons. The molecule has 8 nitrogen and oxygen atoms in total. The summed E-state index contributed by atoms with van der Waals surface area (Å²) >= 11 is 0. The van der Waals surface area contributed by atoms with Gasteiger partial charge in [0.1, 0.15) is 0 Å². The van der Waals surface area contributed by atoms with Gasteiger partial charge in [0.05, 0.1) is 12.7 Å². The summed E-state index contributed by atoms with van der Waals surface area (Å²) in [5.41, 5.74) is 2.15. The van der Waals surface area contributed by atoms with Crippen LogP contribution in [0.1, 0.15) is 49.9 Å². The molecular weight excluding hydrogens is 380 g/mol. The Labute approximate surface area is 178 Å². The lowest BCUT2D eigenvalue weighted by molar-refractivity contribution is -0.122. The van der Waals surface area contributed by atoms with Gasteiger partial charge >= 0.3 is 0 Å². The van der Waals surface area contributed by atoms with E-state index in [2.05, 4.69) is 20.6 Å². The van der Waals surface area contributed by atoms with Gasteiger partial charge in [-0.25, -0.2) is 9.97 Å². The van der Waals surface area contributed by atoms with Crippen molar-refractivity contribution in [2.24, 2.45) is 25.9 Å². The van der Waals surface area contributed by atoms with Crippen molar-refractivity contribution < 1.29 is 9.59 Å². The molecule has 2 N–H and O–H groups in total. The molecule has 2 amide bonds. The quantitative estimate of drug-likeness (QED) is 0.619. The third kappa shape index (κ3) is 6.71. The highest BCUT2D eigenvalue weighted by atomic mass is 16.2. The molecule has 1 aliphatic carbocycles. The smallest absolute Gasteiger partial charge is 0.220 e. The van der Waals surface area contributed by atoms with Crippen molar-refractivity contribution in [2.75, 3.05) is 13.1 Å². The third-order valence-corrected chi connectivity index (χ3v) is 6.19. The van der Waals surface area contributed by atoms with Crippen LogP contribution in [0, 0.1) is 11.8 Å². The highest BCUT2D eigenvalue weighted by Gasteiger charge is 2.22. The summed E-state index contributed by atoms with van der Waals surface area (Å²) in [5.74, 6) is 1.31. The Morgan fingerprint density at radius 1 is 0.833 bits per heavy atom. The Balaban J connectivity index is 1.24. The van der Waals surface area contributed by atoms with E-state index < -0.39 is 0 Å². The zero-order valence-electron chi connectivity index (χ0n) is 18.1. The molecule has 1 saturated carbocycles. The van der Waals surface area contributed by atoms with E-state index in [1.807, 2.05) is 35.6 Å². The number of imidazole rings is 2. The van der Waals surface area contributed by atoms with Crippen LogP contribution < -0.4 is 10.6 Å². The monoisotopic (exact) mass is 414 g/mol. The van der Waals surface area contributed by atoms with Crippen molar-refractivity contribution in [1.82, 2.24) is 29.7 Å². The maximum Gasteiger partial charge on any atom is 0.220 e. The largest absolute Gasteiger partial charge is 0.356 e. The average molecular weight is 415 g/mol. The van der Waals surface area contributed by atoms with Crippen LogP contribution in [0.25, 0.3) is 0 Å². The van der Waals surface area contributed by atoms with Gasteiger partial charge in [-0.1, -0.05) is 0 Å². The van der Waals surface area contributed by atoms with Crippen LogP contribution in [-0.4, -0.2) is 44.0 Å². The summed E-state index contributed by atoms with van der Waals surface area (Å²) in [7, 11) is 3.89. The molecule has 3 rings (SSSR count). The van der Waals surface area contributed by atoms with E-state index in [-0.39, 0.29) is 11.8 Å². The molecule has 0 unspecified atom stereocenters.